The minimum absolute atomic E-state index is 0.0580. The fourth-order valence-corrected chi connectivity index (χ4v) is 2.27. The first-order valence-corrected chi connectivity index (χ1v) is 7.66. The molecule has 3 N–H and O–H groups in total. The monoisotopic (exact) mass is 330 g/mol. The third kappa shape index (κ3) is 5.08. The highest BCUT2D eigenvalue weighted by Gasteiger charge is 2.15. The number of anilines is 1. The van der Waals surface area contributed by atoms with Gasteiger partial charge < -0.3 is 15.5 Å². The van der Waals surface area contributed by atoms with E-state index in [1.165, 1.54) is 11.8 Å². The van der Waals surface area contributed by atoms with Crippen molar-refractivity contribution < 1.29 is 9.59 Å². The Morgan fingerprint density at radius 2 is 1.92 bits per heavy atom. The molecular formula is C16H22N6O2. The van der Waals surface area contributed by atoms with Gasteiger partial charge in [0, 0.05) is 33.5 Å². The molecule has 0 aliphatic rings. The van der Waals surface area contributed by atoms with Gasteiger partial charge in [-0.1, -0.05) is 30.3 Å². The van der Waals surface area contributed by atoms with Crippen LogP contribution in [0.1, 0.15) is 24.7 Å². The van der Waals surface area contributed by atoms with Gasteiger partial charge in [0.15, 0.2) is 0 Å². The van der Waals surface area contributed by atoms with Crippen molar-refractivity contribution in [3.63, 3.8) is 0 Å². The molecule has 0 aliphatic carbocycles. The number of carbonyl (C=O) groups is 2. The molecule has 1 aromatic carbocycles. The summed E-state index contributed by atoms with van der Waals surface area (Å²) in [5.74, 6) is 0.536. The highest BCUT2D eigenvalue weighted by atomic mass is 16.2. The van der Waals surface area contributed by atoms with Gasteiger partial charge in [-0.2, -0.15) is 4.98 Å². The third-order valence-corrected chi connectivity index (χ3v) is 3.62. The van der Waals surface area contributed by atoms with E-state index in [1.807, 2.05) is 30.3 Å². The molecule has 0 aliphatic heterocycles. The SMILES string of the molecule is CC(=O)N(CCC(=O)N(C)Cc1nc(N)n[nH]1)Cc1ccccc1. The maximum Gasteiger partial charge on any atom is 0.239 e. The smallest absolute Gasteiger partial charge is 0.239 e. The van der Waals surface area contributed by atoms with Crippen molar-refractivity contribution in [3.8, 4) is 0 Å². The van der Waals surface area contributed by atoms with Crippen LogP contribution in [0.25, 0.3) is 0 Å². The molecule has 0 atom stereocenters. The van der Waals surface area contributed by atoms with Gasteiger partial charge in [-0.25, -0.2) is 0 Å². The highest BCUT2D eigenvalue weighted by Crippen LogP contribution is 2.07. The summed E-state index contributed by atoms with van der Waals surface area (Å²) in [6, 6.07) is 9.69. The molecule has 0 spiro atoms. The first-order valence-electron chi connectivity index (χ1n) is 7.66. The minimum Gasteiger partial charge on any atom is -0.367 e. The number of amides is 2. The maximum absolute atomic E-state index is 12.2. The highest BCUT2D eigenvalue weighted by molar-refractivity contribution is 5.78. The van der Waals surface area contributed by atoms with Crippen molar-refractivity contribution in [1.82, 2.24) is 25.0 Å². The second-order valence-electron chi connectivity index (χ2n) is 5.57. The van der Waals surface area contributed by atoms with Crippen LogP contribution in [0.4, 0.5) is 5.95 Å². The number of benzene rings is 1. The van der Waals surface area contributed by atoms with Crippen molar-refractivity contribution in [2.24, 2.45) is 0 Å². The van der Waals surface area contributed by atoms with E-state index < -0.39 is 0 Å². The molecule has 1 aromatic heterocycles. The van der Waals surface area contributed by atoms with E-state index in [4.69, 9.17) is 5.73 Å². The predicted molar refractivity (Wildman–Crippen MR) is 89.4 cm³/mol. The third-order valence-electron chi connectivity index (χ3n) is 3.62. The van der Waals surface area contributed by atoms with Gasteiger partial charge in [-0.15, -0.1) is 5.10 Å². The molecule has 128 valence electrons. The Morgan fingerprint density at radius 3 is 2.50 bits per heavy atom. The van der Waals surface area contributed by atoms with Crippen LogP contribution < -0.4 is 5.73 Å². The van der Waals surface area contributed by atoms with Crippen molar-refractivity contribution in [2.75, 3.05) is 19.3 Å². The van der Waals surface area contributed by atoms with Crippen LogP contribution in [0.5, 0.6) is 0 Å². The number of rotatable bonds is 7. The first-order chi connectivity index (χ1) is 11.5. The van der Waals surface area contributed by atoms with E-state index in [2.05, 4.69) is 15.2 Å². The number of hydrogen-bond donors (Lipinski definition) is 2. The van der Waals surface area contributed by atoms with Crippen molar-refractivity contribution in [3.05, 3.63) is 41.7 Å². The maximum atomic E-state index is 12.2. The number of nitrogen functional groups attached to an aromatic ring is 1. The lowest BCUT2D eigenvalue weighted by atomic mass is 10.2. The van der Waals surface area contributed by atoms with Crippen molar-refractivity contribution in [2.45, 2.75) is 26.4 Å². The normalized spacial score (nSPS) is 10.4. The fourth-order valence-electron chi connectivity index (χ4n) is 2.27. The van der Waals surface area contributed by atoms with Crippen LogP contribution in [0, 0.1) is 0 Å². The molecule has 0 fully saturated rings. The van der Waals surface area contributed by atoms with Crippen molar-refractivity contribution in [1.29, 1.82) is 0 Å². The van der Waals surface area contributed by atoms with Gasteiger partial charge in [-0.05, 0) is 5.56 Å². The summed E-state index contributed by atoms with van der Waals surface area (Å²) in [5.41, 5.74) is 6.47. The molecule has 0 radical (unpaired) electrons. The van der Waals surface area contributed by atoms with Crippen LogP contribution in [0.2, 0.25) is 0 Å². The Balaban J connectivity index is 1.86. The van der Waals surface area contributed by atoms with Gasteiger partial charge >= 0.3 is 0 Å². The number of aromatic amines is 1. The van der Waals surface area contributed by atoms with E-state index in [-0.39, 0.29) is 24.2 Å². The second-order valence-corrected chi connectivity index (χ2v) is 5.57. The summed E-state index contributed by atoms with van der Waals surface area (Å²) in [6.45, 7) is 2.66. The lowest BCUT2D eigenvalue weighted by molar-refractivity contribution is -0.133. The van der Waals surface area contributed by atoms with E-state index in [1.54, 1.807) is 11.9 Å². The minimum atomic E-state index is -0.0794. The average molecular weight is 330 g/mol. The molecule has 8 heteroatoms. The van der Waals surface area contributed by atoms with Gasteiger partial charge in [0.05, 0.1) is 6.54 Å². The topological polar surface area (TPSA) is 108 Å². The molecule has 2 rings (SSSR count). The Bertz CT molecular complexity index is 685. The molecule has 0 saturated heterocycles. The summed E-state index contributed by atoms with van der Waals surface area (Å²) >= 11 is 0. The number of nitrogens with zero attached hydrogens (tertiary/aromatic N) is 4. The van der Waals surface area contributed by atoms with E-state index in [0.717, 1.165) is 5.56 Å². The lowest BCUT2D eigenvalue weighted by Crippen LogP contribution is -2.34. The summed E-state index contributed by atoms with van der Waals surface area (Å²) < 4.78 is 0. The molecule has 0 bridgehead atoms. The largest absolute Gasteiger partial charge is 0.367 e. The molecular weight excluding hydrogens is 308 g/mol. The van der Waals surface area contributed by atoms with E-state index in [9.17, 15) is 9.59 Å². The standard InChI is InChI=1S/C16H22N6O2/c1-12(23)22(10-13-6-4-3-5-7-13)9-8-15(24)21(2)11-14-18-16(17)20-19-14/h3-7H,8-11H2,1-2H3,(H3,17,18,19,20). The summed E-state index contributed by atoms with van der Waals surface area (Å²) in [6.07, 6.45) is 0.243. The zero-order valence-corrected chi connectivity index (χ0v) is 13.9. The zero-order chi connectivity index (χ0) is 17.5. The first kappa shape index (κ1) is 17.5. The Labute approximate surface area is 140 Å². The predicted octanol–water partition coefficient (Wildman–Crippen LogP) is 0.784. The fraction of sp³-hybridized carbons (Fsp3) is 0.375. The molecule has 24 heavy (non-hydrogen) atoms. The number of aromatic nitrogens is 3. The van der Waals surface area contributed by atoms with Crippen molar-refractivity contribution >= 4 is 17.8 Å². The molecule has 0 saturated carbocycles. The second kappa shape index (κ2) is 8.09. The molecule has 0 unspecified atom stereocenters. The number of hydrogen-bond acceptors (Lipinski definition) is 5. The number of nitrogens with one attached hydrogen (secondary N) is 1. The number of H-pyrrole nitrogens is 1. The van der Waals surface area contributed by atoms with Gasteiger partial charge in [-0.3, -0.25) is 14.7 Å². The summed E-state index contributed by atoms with van der Waals surface area (Å²) in [5, 5.41) is 6.39. The zero-order valence-electron chi connectivity index (χ0n) is 13.9. The number of nitrogens with two attached hydrogens (primary N) is 1. The van der Waals surface area contributed by atoms with E-state index in [0.29, 0.717) is 25.5 Å². The molecule has 2 aromatic rings. The lowest BCUT2D eigenvalue weighted by Gasteiger charge is -2.22. The molecule has 1 heterocycles. The molecule has 8 nitrogen and oxygen atoms in total. The van der Waals surface area contributed by atoms with Gasteiger partial charge in [0.25, 0.3) is 0 Å². The average Bonchev–Trinajstić information content (AvgIpc) is 2.96. The summed E-state index contributed by atoms with van der Waals surface area (Å²) in [7, 11) is 1.68. The van der Waals surface area contributed by atoms with Gasteiger partial charge in [0.1, 0.15) is 5.82 Å². The quantitative estimate of drug-likeness (QED) is 0.780. The Kier molecular flexibility index (Phi) is 5.89. The number of carbonyl (C=O) groups excluding carboxylic acids is 2. The van der Waals surface area contributed by atoms with Crippen LogP contribution in [-0.2, 0) is 22.7 Å². The summed E-state index contributed by atoms with van der Waals surface area (Å²) in [4.78, 5) is 31.2. The molecule has 2 amide bonds. The van der Waals surface area contributed by atoms with Crippen LogP contribution >= 0.6 is 0 Å². The van der Waals surface area contributed by atoms with E-state index >= 15 is 0 Å². The Hall–Kier alpha value is -2.90. The van der Waals surface area contributed by atoms with Gasteiger partial charge in [0.2, 0.25) is 17.8 Å². The van der Waals surface area contributed by atoms with Crippen LogP contribution in [-0.4, -0.2) is 50.4 Å². The van der Waals surface area contributed by atoms with Crippen LogP contribution in [0.3, 0.4) is 0 Å². The van der Waals surface area contributed by atoms with Crippen LogP contribution in [0.15, 0.2) is 30.3 Å². The Morgan fingerprint density at radius 1 is 1.21 bits per heavy atom.